The van der Waals surface area contributed by atoms with Crippen LogP contribution in [0, 0.1) is 5.82 Å². The van der Waals surface area contributed by atoms with E-state index in [-0.39, 0.29) is 5.82 Å². The largest absolute Gasteiger partial charge is 0.378 e. The monoisotopic (exact) mass is 250 g/mol. The summed E-state index contributed by atoms with van der Waals surface area (Å²) in [6, 6.07) is 6.28. The Morgan fingerprint density at radius 1 is 1.33 bits per heavy atom. The summed E-state index contributed by atoms with van der Waals surface area (Å²) in [7, 11) is 1.61. The Morgan fingerprint density at radius 2 is 2.06 bits per heavy atom. The second-order valence-electron chi connectivity index (χ2n) is 3.90. The number of ether oxygens (including phenoxy) is 1. The van der Waals surface area contributed by atoms with Gasteiger partial charge in [0.2, 0.25) is 0 Å². The van der Waals surface area contributed by atoms with Crippen LogP contribution in [0.2, 0.25) is 0 Å². The average Bonchev–Trinajstić information content (AvgIpc) is 2.75. The Morgan fingerprint density at radius 3 is 2.67 bits per heavy atom. The fourth-order valence-corrected chi connectivity index (χ4v) is 1.71. The molecule has 1 heterocycles. The third-order valence-electron chi connectivity index (χ3n) is 2.64. The van der Waals surface area contributed by atoms with Crippen LogP contribution in [-0.4, -0.2) is 22.1 Å². The van der Waals surface area contributed by atoms with E-state index in [0.717, 1.165) is 17.0 Å². The summed E-state index contributed by atoms with van der Waals surface area (Å²) >= 11 is 0. The minimum absolute atomic E-state index is 0.253. The maximum atomic E-state index is 12.8. The van der Waals surface area contributed by atoms with Gasteiger partial charge >= 0.3 is 0 Å². The summed E-state index contributed by atoms with van der Waals surface area (Å²) in [5, 5.41) is 8.04. The molecular weight excluding hydrogens is 235 g/mol. The van der Waals surface area contributed by atoms with Gasteiger partial charge in [-0.05, 0) is 17.7 Å². The molecule has 6 heteroatoms. The number of benzene rings is 1. The standard InChI is InChI=1S/C12H15FN4O/c1-18-8-12-11(6-14)15-16-17(12)7-9-2-4-10(13)5-3-9/h2-5H,6-8,14H2,1H3. The number of aromatic nitrogens is 3. The van der Waals surface area contributed by atoms with Gasteiger partial charge in [0.25, 0.3) is 0 Å². The number of halogens is 1. The molecule has 0 aliphatic rings. The molecule has 2 aromatic rings. The Labute approximate surface area is 104 Å². The van der Waals surface area contributed by atoms with E-state index in [0.29, 0.717) is 19.7 Å². The van der Waals surface area contributed by atoms with Gasteiger partial charge in [-0.25, -0.2) is 9.07 Å². The molecule has 0 aliphatic heterocycles. The molecule has 0 saturated heterocycles. The number of hydrogen-bond acceptors (Lipinski definition) is 4. The molecule has 0 fully saturated rings. The average molecular weight is 250 g/mol. The van der Waals surface area contributed by atoms with Crippen molar-refractivity contribution in [2.24, 2.45) is 5.73 Å². The SMILES string of the molecule is COCc1c(CN)nnn1Cc1ccc(F)cc1. The van der Waals surface area contributed by atoms with Crippen molar-refractivity contribution in [3.63, 3.8) is 0 Å². The van der Waals surface area contributed by atoms with Crippen LogP contribution in [0.3, 0.4) is 0 Å². The molecule has 0 amide bonds. The summed E-state index contributed by atoms with van der Waals surface area (Å²) in [6.45, 7) is 1.24. The number of hydrogen-bond donors (Lipinski definition) is 1. The zero-order valence-corrected chi connectivity index (χ0v) is 10.1. The summed E-state index contributed by atoms with van der Waals surface area (Å²) in [4.78, 5) is 0. The summed E-state index contributed by atoms with van der Waals surface area (Å²) in [5.74, 6) is -0.253. The lowest BCUT2D eigenvalue weighted by Gasteiger charge is -2.07. The zero-order chi connectivity index (χ0) is 13.0. The fraction of sp³-hybridized carbons (Fsp3) is 0.333. The molecule has 0 saturated carbocycles. The highest BCUT2D eigenvalue weighted by Crippen LogP contribution is 2.10. The van der Waals surface area contributed by atoms with E-state index < -0.39 is 0 Å². The van der Waals surface area contributed by atoms with E-state index in [9.17, 15) is 4.39 Å². The van der Waals surface area contributed by atoms with Gasteiger partial charge in [-0.2, -0.15) is 0 Å². The molecule has 0 spiro atoms. The van der Waals surface area contributed by atoms with Crippen molar-refractivity contribution >= 4 is 0 Å². The van der Waals surface area contributed by atoms with Crippen molar-refractivity contribution in [3.8, 4) is 0 Å². The lowest BCUT2D eigenvalue weighted by molar-refractivity contribution is 0.176. The zero-order valence-electron chi connectivity index (χ0n) is 10.1. The van der Waals surface area contributed by atoms with Gasteiger partial charge in [0.1, 0.15) is 11.5 Å². The van der Waals surface area contributed by atoms with E-state index in [1.807, 2.05) is 0 Å². The van der Waals surface area contributed by atoms with Crippen molar-refractivity contribution < 1.29 is 9.13 Å². The minimum Gasteiger partial charge on any atom is -0.378 e. The van der Waals surface area contributed by atoms with Crippen LogP contribution in [0.25, 0.3) is 0 Å². The first-order valence-electron chi connectivity index (χ1n) is 5.59. The van der Waals surface area contributed by atoms with E-state index in [4.69, 9.17) is 10.5 Å². The smallest absolute Gasteiger partial charge is 0.123 e. The molecule has 2 N–H and O–H groups in total. The van der Waals surface area contributed by atoms with Crippen LogP contribution < -0.4 is 5.73 Å². The Kier molecular flexibility index (Phi) is 4.01. The highest BCUT2D eigenvalue weighted by molar-refractivity contribution is 5.18. The van der Waals surface area contributed by atoms with Crippen LogP contribution >= 0.6 is 0 Å². The summed E-state index contributed by atoms with van der Waals surface area (Å²) in [5.41, 5.74) is 8.11. The predicted molar refractivity (Wildman–Crippen MR) is 64.1 cm³/mol. The van der Waals surface area contributed by atoms with Crippen molar-refractivity contribution in [1.29, 1.82) is 0 Å². The van der Waals surface area contributed by atoms with E-state index in [1.54, 1.807) is 23.9 Å². The van der Waals surface area contributed by atoms with Crippen molar-refractivity contribution in [2.75, 3.05) is 7.11 Å². The van der Waals surface area contributed by atoms with Crippen LogP contribution in [0.5, 0.6) is 0 Å². The maximum Gasteiger partial charge on any atom is 0.123 e. The van der Waals surface area contributed by atoms with E-state index in [2.05, 4.69) is 10.3 Å². The summed E-state index contributed by atoms with van der Waals surface area (Å²) < 4.78 is 19.6. The van der Waals surface area contributed by atoms with Crippen LogP contribution in [0.4, 0.5) is 4.39 Å². The number of nitrogens with two attached hydrogens (primary N) is 1. The second-order valence-corrected chi connectivity index (χ2v) is 3.90. The normalized spacial score (nSPS) is 10.8. The van der Waals surface area contributed by atoms with Gasteiger partial charge in [0, 0.05) is 13.7 Å². The first-order valence-corrected chi connectivity index (χ1v) is 5.59. The molecule has 96 valence electrons. The van der Waals surface area contributed by atoms with Gasteiger partial charge in [0.15, 0.2) is 0 Å². The lowest BCUT2D eigenvalue weighted by Crippen LogP contribution is -2.09. The van der Waals surface area contributed by atoms with Gasteiger partial charge < -0.3 is 10.5 Å². The molecule has 0 aliphatic carbocycles. The third-order valence-corrected chi connectivity index (χ3v) is 2.64. The van der Waals surface area contributed by atoms with E-state index in [1.165, 1.54) is 12.1 Å². The van der Waals surface area contributed by atoms with Crippen LogP contribution in [0.15, 0.2) is 24.3 Å². The Balaban J connectivity index is 2.22. The molecule has 1 aromatic heterocycles. The highest BCUT2D eigenvalue weighted by Gasteiger charge is 2.11. The molecule has 0 atom stereocenters. The molecule has 5 nitrogen and oxygen atoms in total. The first kappa shape index (κ1) is 12.7. The van der Waals surface area contributed by atoms with Crippen LogP contribution in [-0.2, 0) is 24.4 Å². The molecule has 0 radical (unpaired) electrons. The second kappa shape index (κ2) is 5.70. The molecule has 2 rings (SSSR count). The number of nitrogens with zero attached hydrogens (tertiary/aromatic N) is 3. The van der Waals surface area contributed by atoms with Gasteiger partial charge in [-0.3, -0.25) is 0 Å². The number of methoxy groups -OCH3 is 1. The number of rotatable bonds is 5. The van der Waals surface area contributed by atoms with Gasteiger partial charge in [-0.1, -0.05) is 17.3 Å². The summed E-state index contributed by atoms with van der Waals surface area (Å²) in [6.07, 6.45) is 0. The van der Waals surface area contributed by atoms with Crippen molar-refractivity contribution in [2.45, 2.75) is 19.7 Å². The fourth-order valence-electron chi connectivity index (χ4n) is 1.71. The van der Waals surface area contributed by atoms with Crippen LogP contribution in [0.1, 0.15) is 17.0 Å². The highest BCUT2D eigenvalue weighted by atomic mass is 19.1. The van der Waals surface area contributed by atoms with Gasteiger partial charge in [0.05, 0.1) is 18.8 Å². The maximum absolute atomic E-state index is 12.8. The topological polar surface area (TPSA) is 66.0 Å². The molecule has 0 unspecified atom stereocenters. The Hall–Kier alpha value is -1.79. The van der Waals surface area contributed by atoms with Crippen molar-refractivity contribution in [3.05, 3.63) is 47.0 Å². The predicted octanol–water partition coefficient (Wildman–Crippen LogP) is 1.07. The molecule has 1 aromatic carbocycles. The van der Waals surface area contributed by atoms with E-state index >= 15 is 0 Å². The minimum atomic E-state index is -0.253. The third kappa shape index (κ3) is 2.72. The molecule has 0 bridgehead atoms. The molecule has 18 heavy (non-hydrogen) atoms. The quantitative estimate of drug-likeness (QED) is 0.862. The molecular formula is C12H15FN4O. The lowest BCUT2D eigenvalue weighted by atomic mass is 10.2. The Bertz CT molecular complexity index is 509. The first-order chi connectivity index (χ1) is 8.74. The van der Waals surface area contributed by atoms with Gasteiger partial charge in [-0.15, -0.1) is 5.10 Å². The van der Waals surface area contributed by atoms with Crippen molar-refractivity contribution in [1.82, 2.24) is 15.0 Å².